The lowest BCUT2D eigenvalue weighted by molar-refractivity contribution is 0.199. The predicted molar refractivity (Wildman–Crippen MR) is 59.8 cm³/mol. The third-order valence-corrected chi connectivity index (χ3v) is 2.52. The molecule has 0 aliphatic carbocycles. The zero-order valence-electron chi connectivity index (χ0n) is 9.54. The summed E-state index contributed by atoms with van der Waals surface area (Å²) in [5.74, 6) is 0. The van der Waals surface area contributed by atoms with E-state index in [1.165, 1.54) is 5.56 Å². The average Bonchev–Trinajstić information content (AvgIpc) is 2.83. The Morgan fingerprint density at radius 2 is 2.12 bits per heavy atom. The average molecular weight is 220 g/mol. The molecule has 2 rings (SSSR count). The van der Waals surface area contributed by atoms with Crippen molar-refractivity contribution in [2.75, 3.05) is 0 Å². The lowest BCUT2D eigenvalue weighted by Crippen LogP contribution is -2.01. The van der Waals surface area contributed by atoms with Gasteiger partial charge in [0, 0.05) is 31.5 Å². The van der Waals surface area contributed by atoms with Gasteiger partial charge in [0.25, 0.3) is 0 Å². The Labute approximate surface area is 94.3 Å². The molecule has 0 aliphatic rings. The third kappa shape index (κ3) is 2.49. The normalized spacial score (nSPS) is 12.9. The number of aryl methyl sites for hydroxylation is 3. The highest BCUT2D eigenvalue weighted by molar-refractivity contribution is 5.07. The van der Waals surface area contributed by atoms with Gasteiger partial charge in [-0.2, -0.15) is 10.2 Å². The second-order valence-corrected chi connectivity index (χ2v) is 3.98. The quantitative estimate of drug-likeness (QED) is 0.833. The SMILES string of the molecule is CC(O)c1cnn(CCc2cnn(C)c2)c1. The Bertz CT molecular complexity index is 458. The Hall–Kier alpha value is -1.62. The first kappa shape index (κ1) is 10.9. The van der Waals surface area contributed by atoms with Crippen LogP contribution < -0.4 is 0 Å². The predicted octanol–water partition coefficient (Wildman–Crippen LogP) is 0.913. The van der Waals surface area contributed by atoms with E-state index in [0.717, 1.165) is 18.5 Å². The van der Waals surface area contributed by atoms with E-state index in [2.05, 4.69) is 10.2 Å². The van der Waals surface area contributed by atoms with Crippen LogP contribution in [-0.2, 0) is 20.0 Å². The maximum absolute atomic E-state index is 9.36. The number of aliphatic hydroxyl groups is 1. The van der Waals surface area contributed by atoms with Gasteiger partial charge in [0.2, 0.25) is 0 Å². The minimum Gasteiger partial charge on any atom is -0.389 e. The Balaban J connectivity index is 1.94. The van der Waals surface area contributed by atoms with Crippen molar-refractivity contribution in [3.05, 3.63) is 35.9 Å². The molecular formula is C11H16N4O. The molecule has 1 N–H and O–H groups in total. The second kappa shape index (κ2) is 4.49. The molecule has 2 aromatic heterocycles. The topological polar surface area (TPSA) is 55.9 Å². The van der Waals surface area contributed by atoms with E-state index in [-0.39, 0.29) is 0 Å². The fourth-order valence-electron chi connectivity index (χ4n) is 1.56. The van der Waals surface area contributed by atoms with E-state index in [9.17, 15) is 5.11 Å². The summed E-state index contributed by atoms with van der Waals surface area (Å²) >= 11 is 0. The van der Waals surface area contributed by atoms with Gasteiger partial charge < -0.3 is 5.11 Å². The molecule has 86 valence electrons. The summed E-state index contributed by atoms with van der Waals surface area (Å²) in [6, 6.07) is 0. The highest BCUT2D eigenvalue weighted by Crippen LogP contribution is 2.10. The van der Waals surface area contributed by atoms with Crippen molar-refractivity contribution in [1.82, 2.24) is 19.6 Å². The fourth-order valence-corrected chi connectivity index (χ4v) is 1.56. The van der Waals surface area contributed by atoms with E-state index < -0.39 is 6.10 Å². The highest BCUT2D eigenvalue weighted by atomic mass is 16.3. The van der Waals surface area contributed by atoms with Crippen molar-refractivity contribution in [2.45, 2.75) is 26.0 Å². The van der Waals surface area contributed by atoms with E-state index in [1.54, 1.807) is 17.8 Å². The first-order chi connectivity index (χ1) is 7.65. The molecular weight excluding hydrogens is 204 g/mol. The van der Waals surface area contributed by atoms with Gasteiger partial charge in [-0.05, 0) is 18.9 Å². The molecule has 1 unspecified atom stereocenters. The van der Waals surface area contributed by atoms with Crippen LogP contribution in [-0.4, -0.2) is 24.7 Å². The molecule has 0 saturated carbocycles. The first-order valence-electron chi connectivity index (χ1n) is 5.33. The number of aromatic nitrogens is 4. The van der Waals surface area contributed by atoms with Crippen molar-refractivity contribution in [1.29, 1.82) is 0 Å². The Morgan fingerprint density at radius 3 is 2.69 bits per heavy atom. The molecule has 0 fully saturated rings. The molecule has 0 amide bonds. The number of nitrogens with zero attached hydrogens (tertiary/aromatic N) is 4. The molecule has 0 spiro atoms. The molecule has 0 bridgehead atoms. The second-order valence-electron chi connectivity index (χ2n) is 3.98. The van der Waals surface area contributed by atoms with Crippen molar-refractivity contribution >= 4 is 0 Å². The Morgan fingerprint density at radius 1 is 1.31 bits per heavy atom. The molecule has 16 heavy (non-hydrogen) atoms. The van der Waals surface area contributed by atoms with Crippen molar-refractivity contribution < 1.29 is 5.11 Å². The number of rotatable bonds is 4. The molecule has 0 radical (unpaired) electrons. The minimum atomic E-state index is -0.452. The fraction of sp³-hybridized carbons (Fsp3) is 0.455. The molecule has 0 aromatic carbocycles. The lowest BCUT2D eigenvalue weighted by atomic mass is 10.2. The number of hydrogen-bond acceptors (Lipinski definition) is 3. The number of aliphatic hydroxyl groups excluding tert-OH is 1. The third-order valence-electron chi connectivity index (χ3n) is 2.52. The summed E-state index contributed by atoms with van der Waals surface area (Å²) in [7, 11) is 1.91. The van der Waals surface area contributed by atoms with Gasteiger partial charge >= 0.3 is 0 Å². The van der Waals surface area contributed by atoms with E-state index in [0.29, 0.717) is 0 Å². The van der Waals surface area contributed by atoms with Gasteiger partial charge in [-0.1, -0.05) is 0 Å². The van der Waals surface area contributed by atoms with Crippen molar-refractivity contribution in [3.63, 3.8) is 0 Å². The summed E-state index contributed by atoms with van der Waals surface area (Å²) < 4.78 is 3.63. The van der Waals surface area contributed by atoms with Gasteiger partial charge in [0.1, 0.15) is 0 Å². The molecule has 0 aliphatic heterocycles. The summed E-state index contributed by atoms with van der Waals surface area (Å²) in [4.78, 5) is 0. The smallest absolute Gasteiger partial charge is 0.0792 e. The van der Waals surface area contributed by atoms with Crippen LogP contribution >= 0.6 is 0 Å². The van der Waals surface area contributed by atoms with Gasteiger partial charge in [-0.3, -0.25) is 9.36 Å². The molecule has 0 saturated heterocycles. The zero-order valence-corrected chi connectivity index (χ0v) is 9.54. The van der Waals surface area contributed by atoms with Crippen LogP contribution in [0.2, 0.25) is 0 Å². The maximum Gasteiger partial charge on any atom is 0.0792 e. The molecule has 2 heterocycles. The summed E-state index contributed by atoms with van der Waals surface area (Å²) in [6.45, 7) is 2.54. The zero-order chi connectivity index (χ0) is 11.5. The molecule has 5 heteroatoms. The maximum atomic E-state index is 9.36. The summed E-state index contributed by atoms with van der Waals surface area (Å²) in [6.07, 6.45) is 7.88. The van der Waals surface area contributed by atoms with Crippen LogP contribution in [0.4, 0.5) is 0 Å². The van der Waals surface area contributed by atoms with Crippen LogP contribution in [0.5, 0.6) is 0 Å². The largest absolute Gasteiger partial charge is 0.389 e. The van der Waals surface area contributed by atoms with E-state index >= 15 is 0 Å². The van der Waals surface area contributed by atoms with E-state index in [4.69, 9.17) is 0 Å². The van der Waals surface area contributed by atoms with Gasteiger partial charge in [0.15, 0.2) is 0 Å². The van der Waals surface area contributed by atoms with Crippen LogP contribution in [0.3, 0.4) is 0 Å². The molecule has 1 atom stereocenters. The highest BCUT2D eigenvalue weighted by Gasteiger charge is 2.04. The standard InChI is InChI=1S/C11H16N4O/c1-9(16)11-6-13-15(8-11)4-3-10-5-12-14(2)7-10/h5-9,16H,3-4H2,1-2H3. The first-order valence-corrected chi connectivity index (χ1v) is 5.33. The lowest BCUT2D eigenvalue weighted by Gasteiger charge is -1.99. The van der Waals surface area contributed by atoms with Crippen molar-refractivity contribution in [3.8, 4) is 0 Å². The van der Waals surface area contributed by atoms with Gasteiger partial charge in [0.05, 0.1) is 18.5 Å². The Kier molecular flexibility index (Phi) is 3.05. The minimum absolute atomic E-state index is 0.452. The molecule has 2 aromatic rings. The van der Waals surface area contributed by atoms with Crippen molar-refractivity contribution in [2.24, 2.45) is 7.05 Å². The van der Waals surface area contributed by atoms with Gasteiger partial charge in [-0.25, -0.2) is 0 Å². The van der Waals surface area contributed by atoms with E-state index in [1.807, 2.05) is 30.3 Å². The number of hydrogen-bond donors (Lipinski definition) is 1. The monoisotopic (exact) mass is 220 g/mol. The van der Waals surface area contributed by atoms with Crippen LogP contribution in [0.15, 0.2) is 24.8 Å². The summed E-state index contributed by atoms with van der Waals surface area (Å²) in [5.41, 5.74) is 2.04. The van der Waals surface area contributed by atoms with Gasteiger partial charge in [-0.15, -0.1) is 0 Å². The van der Waals surface area contributed by atoms with Crippen LogP contribution in [0, 0.1) is 0 Å². The summed E-state index contributed by atoms with van der Waals surface area (Å²) in [5, 5.41) is 17.7. The van der Waals surface area contributed by atoms with Crippen LogP contribution in [0.25, 0.3) is 0 Å². The molecule has 5 nitrogen and oxygen atoms in total. The van der Waals surface area contributed by atoms with Crippen LogP contribution in [0.1, 0.15) is 24.2 Å².